The Morgan fingerprint density at radius 3 is 2.35 bits per heavy atom. The summed E-state index contributed by atoms with van der Waals surface area (Å²) in [5, 5.41) is 2.57. The zero-order valence-corrected chi connectivity index (χ0v) is 14.5. The first-order chi connectivity index (χ1) is 8.03. The van der Waals surface area contributed by atoms with Gasteiger partial charge in [-0.25, -0.2) is 8.42 Å². The third-order valence-corrected chi connectivity index (χ3v) is 8.66. The Labute approximate surface area is 106 Å². The van der Waals surface area contributed by atoms with Crippen molar-refractivity contribution in [3.63, 3.8) is 0 Å². The van der Waals surface area contributed by atoms with Crippen molar-refractivity contribution in [2.45, 2.75) is 9.79 Å². The zero-order chi connectivity index (χ0) is 12.2. The van der Waals surface area contributed by atoms with Gasteiger partial charge in [-0.3, -0.25) is 0 Å². The van der Waals surface area contributed by atoms with Crippen LogP contribution in [-0.4, -0.2) is 28.9 Å². The second kappa shape index (κ2) is 3.41. The molecular formula is C12H12O2SSi2. The molecule has 3 rings (SSSR count). The van der Waals surface area contributed by atoms with Crippen LogP contribution in [0.4, 0.5) is 0 Å². The van der Waals surface area contributed by atoms with E-state index < -0.39 is 9.84 Å². The first-order valence-corrected chi connectivity index (χ1v) is 8.96. The van der Waals surface area contributed by atoms with Crippen molar-refractivity contribution in [2.75, 3.05) is 0 Å². The molecule has 5 heteroatoms. The molecule has 2 nitrogen and oxygen atoms in total. The van der Waals surface area contributed by atoms with Crippen LogP contribution in [0, 0.1) is 0 Å². The highest BCUT2D eigenvalue weighted by Gasteiger charge is 2.33. The first kappa shape index (κ1) is 10.9. The van der Waals surface area contributed by atoms with Crippen LogP contribution in [0.3, 0.4) is 0 Å². The minimum absolute atomic E-state index is 0.472. The molecule has 1 aliphatic rings. The largest absolute Gasteiger partial charge is 0.218 e. The van der Waals surface area contributed by atoms with Gasteiger partial charge in [0.15, 0.2) is 0 Å². The van der Waals surface area contributed by atoms with Crippen LogP contribution in [0.2, 0.25) is 0 Å². The maximum atomic E-state index is 12.4. The third kappa shape index (κ3) is 1.33. The van der Waals surface area contributed by atoms with Crippen LogP contribution in [0.15, 0.2) is 46.2 Å². The van der Waals surface area contributed by atoms with E-state index in [2.05, 4.69) is 0 Å². The lowest BCUT2D eigenvalue weighted by Crippen LogP contribution is -2.27. The smallest absolute Gasteiger partial charge is 0.207 e. The fourth-order valence-electron chi connectivity index (χ4n) is 2.38. The van der Waals surface area contributed by atoms with Gasteiger partial charge in [-0.05, 0) is 12.1 Å². The maximum absolute atomic E-state index is 12.4. The van der Waals surface area contributed by atoms with Gasteiger partial charge >= 0.3 is 0 Å². The van der Waals surface area contributed by atoms with Gasteiger partial charge in [0.05, 0.1) is 9.79 Å². The minimum Gasteiger partial charge on any atom is -0.218 e. The number of fused-ring (bicyclic) bond motifs is 3. The van der Waals surface area contributed by atoms with Crippen LogP contribution in [0.25, 0.3) is 11.1 Å². The van der Waals surface area contributed by atoms with Crippen molar-refractivity contribution in [3.8, 4) is 11.1 Å². The summed E-state index contributed by atoms with van der Waals surface area (Å²) in [6, 6.07) is 11.1. The van der Waals surface area contributed by atoms with Crippen LogP contribution in [0.5, 0.6) is 0 Å². The molecule has 2 aromatic carbocycles. The van der Waals surface area contributed by atoms with Crippen molar-refractivity contribution >= 4 is 40.7 Å². The summed E-state index contributed by atoms with van der Waals surface area (Å²) < 4.78 is 24.7. The fourth-order valence-corrected chi connectivity index (χ4v) is 5.41. The van der Waals surface area contributed by atoms with Gasteiger partial charge < -0.3 is 0 Å². The molecule has 0 atom stereocenters. The Balaban J connectivity index is 2.55. The van der Waals surface area contributed by atoms with E-state index in [9.17, 15) is 8.42 Å². The summed E-state index contributed by atoms with van der Waals surface area (Å²) in [4.78, 5) is 0.975. The summed E-state index contributed by atoms with van der Waals surface area (Å²) in [6.45, 7) is 0. The molecular weight excluding hydrogens is 264 g/mol. The van der Waals surface area contributed by atoms with Crippen LogP contribution in [-0.2, 0) is 9.84 Å². The monoisotopic (exact) mass is 276 g/mol. The van der Waals surface area contributed by atoms with Crippen molar-refractivity contribution in [3.05, 3.63) is 36.4 Å². The third-order valence-electron chi connectivity index (χ3n) is 3.43. The first-order valence-electron chi connectivity index (χ1n) is 5.48. The Kier molecular flexibility index (Phi) is 2.20. The van der Waals surface area contributed by atoms with E-state index in [4.69, 9.17) is 0 Å². The average Bonchev–Trinajstić information content (AvgIpc) is 2.54. The number of benzene rings is 2. The molecule has 0 bridgehead atoms. The zero-order valence-electron chi connectivity index (χ0n) is 9.69. The van der Waals surface area contributed by atoms with Gasteiger partial charge in [0.2, 0.25) is 9.84 Å². The van der Waals surface area contributed by atoms with E-state index in [0.717, 1.165) is 31.6 Å². The predicted octanol–water partition coefficient (Wildman–Crippen LogP) is -1.52. The highest BCUT2D eigenvalue weighted by molar-refractivity contribution is 7.92. The summed E-state index contributed by atoms with van der Waals surface area (Å²) >= 11 is 0. The molecule has 0 fully saturated rings. The molecule has 0 aliphatic carbocycles. The molecule has 0 saturated carbocycles. The lowest BCUT2D eigenvalue weighted by molar-refractivity contribution is 0.599. The Bertz CT molecular complexity index is 736. The van der Waals surface area contributed by atoms with Gasteiger partial charge in [-0.15, -0.1) is 0 Å². The summed E-state index contributed by atoms with van der Waals surface area (Å²) in [5.41, 5.74) is 1.87. The van der Waals surface area contributed by atoms with Crippen molar-refractivity contribution in [1.82, 2.24) is 0 Å². The van der Waals surface area contributed by atoms with Gasteiger partial charge in [-0.1, -0.05) is 34.6 Å². The molecule has 0 unspecified atom stereocenters. The fraction of sp³-hybridized carbons (Fsp3) is 0. The standard InChI is InChI=1S/C12H12O2SSi2/c13-15(14)8-4-2-1-3-7(8)11-9(15)5-6-10(16)12(11)17/h1-6H,16-17H3. The molecule has 0 spiro atoms. The molecule has 0 saturated heterocycles. The minimum atomic E-state index is -3.27. The highest BCUT2D eigenvalue weighted by Crippen LogP contribution is 2.40. The number of sulfone groups is 1. The summed E-state index contributed by atoms with van der Waals surface area (Å²) in [7, 11) is -1.40. The van der Waals surface area contributed by atoms with E-state index in [-0.39, 0.29) is 0 Å². The summed E-state index contributed by atoms with van der Waals surface area (Å²) in [6.07, 6.45) is 0. The van der Waals surface area contributed by atoms with E-state index in [1.54, 1.807) is 18.2 Å². The van der Waals surface area contributed by atoms with E-state index in [0.29, 0.717) is 9.79 Å². The predicted molar refractivity (Wildman–Crippen MR) is 76.5 cm³/mol. The van der Waals surface area contributed by atoms with Crippen LogP contribution in [0.1, 0.15) is 0 Å². The Morgan fingerprint density at radius 2 is 1.59 bits per heavy atom. The highest BCUT2D eigenvalue weighted by atomic mass is 32.2. The normalized spacial score (nSPS) is 15.8. The molecule has 0 aromatic heterocycles. The molecule has 0 radical (unpaired) electrons. The Hall–Kier alpha value is -1.18. The van der Waals surface area contributed by atoms with Crippen molar-refractivity contribution in [1.29, 1.82) is 0 Å². The molecule has 17 heavy (non-hydrogen) atoms. The molecule has 1 aliphatic heterocycles. The summed E-state index contributed by atoms with van der Waals surface area (Å²) in [5.74, 6) is 0. The van der Waals surface area contributed by atoms with Crippen LogP contribution >= 0.6 is 0 Å². The number of hydrogen-bond donors (Lipinski definition) is 0. The second-order valence-electron chi connectivity index (χ2n) is 4.38. The number of hydrogen-bond acceptors (Lipinski definition) is 2. The molecule has 0 amide bonds. The van der Waals surface area contributed by atoms with Crippen molar-refractivity contribution < 1.29 is 8.42 Å². The average molecular weight is 276 g/mol. The SMILES string of the molecule is O=S1(=O)c2ccccc2-c2c1ccc([SiH3])c2[SiH3]. The van der Waals surface area contributed by atoms with Gasteiger partial charge in [-0.2, -0.15) is 0 Å². The maximum Gasteiger partial charge on any atom is 0.207 e. The van der Waals surface area contributed by atoms with Gasteiger partial charge in [0, 0.05) is 31.6 Å². The van der Waals surface area contributed by atoms with Gasteiger partial charge in [0.25, 0.3) is 0 Å². The quantitative estimate of drug-likeness (QED) is 0.468. The molecule has 86 valence electrons. The van der Waals surface area contributed by atoms with E-state index >= 15 is 0 Å². The second-order valence-corrected chi connectivity index (χ2v) is 8.34. The lowest BCUT2D eigenvalue weighted by atomic mass is 10.1. The van der Waals surface area contributed by atoms with E-state index in [1.165, 1.54) is 10.4 Å². The van der Waals surface area contributed by atoms with Crippen LogP contribution < -0.4 is 10.4 Å². The number of rotatable bonds is 0. The lowest BCUT2D eigenvalue weighted by Gasteiger charge is -2.07. The van der Waals surface area contributed by atoms with Gasteiger partial charge in [0.1, 0.15) is 0 Å². The van der Waals surface area contributed by atoms with Crippen molar-refractivity contribution in [2.24, 2.45) is 0 Å². The Morgan fingerprint density at radius 1 is 0.882 bits per heavy atom. The topological polar surface area (TPSA) is 34.1 Å². The van der Waals surface area contributed by atoms with E-state index in [1.807, 2.05) is 18.2 Å². The molecule has 1 heterocycles. The molecule has 0 N–H and O–H groups in total. The molecule has 2 aromatic rings.